The molecule has 6 rings (SSSR count). The summed E-state index contributed by atoms with van der Waals surface area (Å²) in [6.07, 6.45) is 2.50. The molecule has 0 fully saturated rings. The van der Waals surface area contributed by atoms with E-state index < -0.39 is 11.8 Å². The Kier molecular flexibility index (Phi) is 16.5. The molecule has 0 amide bonds. The standard InChI is InChI=1S/C33H36N2O6S2.C16H24O4/c1-18(2)38-28-15-21(16-29(39-19(3)4)31(28)40-20(5)6)14-25-30(22-8-13-26-27(17-22)35-43-34-26)32(36)41-33(25,37)23-9-11-24(42-7)12-10-23;1-10(2)18-14-7-13(9-17)8-15(19-11(3)4)16(14)20-12(5)6/h8-13,15-20,37H,14H2,1-7H3;7-12H,1-6H3. The van der Waals surface area contributed by atoms with E-state index in [0.717, 1.165) is 34.0 Å². The minimum absolute atomic E-state index is 0.0129. The number of aldehydes is 1. The predicted molar refractivity (Wildman–Crippen MR) is 249 cm³/mol. The third-order valence-corrected chi connectivity index (χ3v) is 10.3. The van der Waals surface area contributed by atoms with Gasteiger partial charge in [-0.3, -0.25) is 4.79 Å². The van der Waals surface area contributed by atoms with E-state index in [2.05, 4.69) is 8.75 Å². The van der Waals surface area contributed by atoms with Gasteiger partial charge in [0.25, 0.3) is 5.79 Å². The zero-order valence-electron chi connectivity index (χ0n) is 38.4. The Balaban J connectivity index is 0.000000314. The van der Waals surface area contributed by atoms with E-state index in [0.29, 0.717) is 62.3 Å². The summed E-state index contributed by atoms with van der Waals surface area (Å²) in [5, 5.41) is 12.2. The van der Waals surface area contributed by atoms with Crippen molar-refractivity contribution >= 4 is 52.4 Å². The molecule has 0 aliphatic carbocycles. The van der Waals surface area contributed by atoms with Gasteiger partial charge < -0.3 is 38.3 Å². The molecule has 1 unspecified atom stereocenters. The number of fused-ring (bicyclic) bond motifs is 1. The summed E-state index contributed by atoms with van der Waals surface area (Å²) in [6.45, 7) is 23.2. The average Bonchev–Trinajstić information content (AvgIpc) is 3.77. The second-order valence-corrected chi connectivity index (χ2v) is 18.1. The number of aromatic nitrogens is 2. The summed E-state index contributed by atoms with van der Waals surface area (Å²) < 4.78 is 50.4. The van der Waals surface area contributed by atoms with Crippen LogP contribution in [0.2, 0.25) is 0 Å². The van der Waals surface area contributed by atoms with Crippen molar-refractivity contribution in [2.45, 2.75) is 137 Å². The monoisotopic (exact) mass is 900 g/mol. The van der Waals surface area contributed by atoms with Gasteiger partial charge in [-0.1, -0.05) is 18.2 Å². The molecular weight excluding hydrogens is 841 g/mol. The largest absolute Gasteiger partial charge is 0.487 e. The Morgan fingerprint density at radius 3 is 1.56 bits per heavy atom. The molecule has 4 aromatic carbocycles. The Labute approximate surface area is 379 Å². The highest BCUT2D eigenvalue weighted by Crippen LogP contribution is 2.48. The normalized spacial score (nSPS) is 15.1. The van der Waals surface area contributed by atoms with Gasteiger partial charge in [-0.25, -0.2) is 4.79 Å². The molecule has 0 saturated carbocycles. The average molecular weight is 901 g/mol. The molecule has 63 heavy (non-hydrogen) atoms. The Bertz CT molecular complexity index is 2330. The Morgan fingerprint density at radius 1 is 0.651 bits per heavy atom. The molecule has 14 heteroatoms. The zero-order valence-corrected chi connectivity index (χ0v) is 40.1. The van der Waals surface area contributed by atoms with E-state index in [1.807, 2.05) is 126 Å². The maximum atomic E-state index is 13.6. The van der Waals surface area contributed by atoms with Crippen molar-refractivity contribution in [3.8, 4) is 34.5 Å². The van der Waals surface area contributed by atoms with Crippen molar-refractivity contribution in [1.82, 2.24) is 8.75 Å². The fourth-order valence-corrected chi connectivity index (χ4v) is 7.62. The van der Waals surface area contributed by atoms with E-state index in [1.54, 1.807) is 42.1 Å². The molecule has 0 spiro atoms. The quantitative estimate of drug-likeness (QED) is 0.0506. The second kappa shape index (κ2) is 21.4. The van der Waals surface area contributed by atoms with E-state index >= 15 is 0 Å². The number of thioether (sulfide) groups is 1. The van der Waals surface area contributed by atoms with Gasteiger partial charge in [0.15, 0.2) is 23.0 Å². The molecule has 338 valence electrons. The van der Waals surface area contributed by atoms with E-state index in [-0.39, 0.29) is 48.6 Å². The number of hydrogen-bond acceptors (Lipinski definition) is 14. The van der Waals surface area contributed by atoms with Gasteiger partial charge in [0.2, 0.25) is 11.5 Å². The highest BCUT2D eigenvalue weighted by atomic mass is 32.2. The lowest BCUT2D eigenvalue weighted by atomic mass is 9.88. The summed E-state index contributed by atoms with van der Waals surface area (Å²) in [7, 11) is 0. The highest BCUT2D eigenvalue weighted by Gasteiger charge is 2.48. The van der Waals surface area contributed by atoms with Crippen molar-refractivity contribution in [3.05, 3.63) is 94.6 Å². The first-order valence-corrected chi connectivity index (χ1v) is 23.1. The molecule has 1 aliphatic rings. The minimum Gasteiger partial charge on any atom is -0.487 e. The lowest BCUT2D eigenvalue weighted by Crippen LogP contribution is -2.29. The van der Waals surface area contributed by atoms with Crippen molar-refractivity contribution < 1.29 is 47.9 Å². The molecule has 1 aliphatic heterocycles. The fourth-order valence-electron chi connectivity index (χ4n) is 6.70. The van der Waals surface area contributed by atoms with Gasteiger partial charge in [0.05, 0.1) is 53.9 Å². The topological polar surface area (TPSA) is 145 Å². The zero-order chi connectivity index (χ0) is 46.2. The van der Waals surface area contributed by atoms with Crippen LogP contribution in [0, 0.1) is 0 Å². The van der Waals surface area contributed by atoms with Gasteiger partial charge in [-0.2, -0.15) is 8.75 Å². The molecule has 5 aromatic rings. The number of ether oxygens (including phenoxy) is 7. The molecule has 1 aromatic heterocycles. The molecular formula is C49H60N2O10S2. The van der Waals surface area contributed by atoms with Crippen LogP contribution in [-0.4, -0.2) is 69.0 Å². The van der Waals surface area contributed by atoms with Crippen LogP contribution in [0.15, 0.2) is 77.2 Å². The summed E-state index contributed by atoms with van der Waals surface area (Å²) in [4.78, 5) is 25.7. The van der Waals surface area contributed by atoms with Gasteiger partial charge >= 0.3 is 5.97 Å². The first-order chi connectivity index (χ1) is 29.8. The number of nitrogens with zero attached hydrogens (tertiary/aromatic N) is 2. The third kappa shape index (κ3) is 12.5. The molecule has 0 bridgehead atoms. The molecule has 1 N–H and O–H groups in total. The number of aliphatic hydroxyl groups is 1. The van der Waals surface area contributed by atoms with Gasteiger partial charge in [0, 0.05) is 28.0 Å². The van der Waals surface area contributed by atoms with Gasteiger partial charge in [-0.15, -0.1) is 11.8 Å². The van der Waals surface area contributed by atoms with Crippen LogP contribution in [0.1, 0.15) is 110 Å². The first kappa shape index (κ1) is 48.7. The summed E-state index contributed by atoms with van der Waals surface area (Å²) in [5.41, 5.74) is 4.39. The predicted octanol–water partition coefficient (Wildman–Crippen LogP) is 11.0. The van der Waals surface area contributed by atoms with Crippen molar-refractivity contribution in [3.63, 3.8) is 0 Å². The molecule has 0 radical (unpaired) electrons. The van der Waals surface area contributed by atoms with Crippen LogP contribution in [0.5, 0.6) is 34.5 Å². The fraction of sp³-hybridized carbons (Fsp3) is 0.429. The number of cyclic esters (lactones) is 1. The molecule has 1 atom stereocenters. The SMILES string of the molecule is CC(C)Oc1cc(C=O)cc(OC(C)C)c1OC(C)C.CSc1ccc(C2(O)OC(=O)C(c3ccc4nsnc4c3)=C2Cc2cc(OC(C)C)c(OC(C)C)c(OC(C)C)c2)cc1. The van der Waals surface area contributed by atoms with Gasteiger partial charge in [0.1, 0.15) is 17.3 Å². The third-order valence-electron chi connectivity index (χ3n) is 8.98. The molecule has 12 nitrogen and oxygen atoms in total. The number of hydrogen-bond donors (Lipinski definition) is 1. The van der Waals surface area contributed by atoms with E-state index in [1.165, 1.54) is 0 Å². The Hall–Kier alpha value is -5.31. The molecule has 0 saturated heterocycles. The Morgan fingerprint density at radius 2 is 1.11 bits per heavy atom. The molecule has 2 heterocycles. The number of esters is 1. The van der Waals surface area contributed by atoms with E-state index in [9.17, 15) is 14.7 Å². The summed E-state index contributed by atoms with van der Waals surface area (Å²) in [5.74, 6) is 0.559. The maximum Gasteiger partial charge on any atom is 0.342 e. The summed E-state index contributed by atoms with van der Waals surface area (Å²) >= 11 is 2.69. The highest BCUT2D eigenvalue weighted by molar-refractivity contribution is 7.98. The van der Waals surface area contributed by atoms with Crippen LogP contribution in [0.4, 0.5) is 0 Å². The van der Waals surface area contributed by atoms with Crippen LogP contribution >= 0.6 is 23.5 Å². The lowest BCUT2D eigenvalue weighted by Gasteiger charge is -2.27. The van der Waals surface area contributed by atoms with Crippen molar-refractivity contribution in [1.29, 1.82) is 0 Å². The number of carbonyl (C=O) groups is 2. The lowest BCUT2D eigenvalue weighted by molar-refractivity contribution is -0.185. The van der Waals surface area contributed by atoms with E-state index in [4.69, 9.17) is 33.2 Å². The minimum atomic E-state index is -2.00. The smallest absolute Gasteiger partial charge is 0.342 e. The van der Waals surface area contributed by atoms with Crippen LogP contribution in [-0.2, 0) is 21.7 Å². The van der Waals surface area contributed by atoms with Gasteiger partial charge in [-0.05, 0) is 149 Å². The summed E-state index contributed by atoms with van der Waals surface area (Å²) in [6, 6.07) is 19.9. The number of carbonyl (C=O) groups excluding carboxylic acids is 2. The van der Waals surface area contributed by atoms with Crippen LogP contribution < -0.4 is 28.4 Å². The van der Waals surface area contributed by atoms with Crippen LogP contribution in [0.3, 0.4) is 0 Å². The van der Waals surface area contributed by atoms with Crippen LogP contribution in [0.25, 0.3) is 16.6 Å². The van der Waals surface area contributed by atoms with Crippen molar-refractivity contribution in [2.24, 2.45) is 0 Å². The number of benzene rings is 4. The van der Waals surface area contributed by atoms with Crippen molar-refractivity contribution in [2.75, 3.05) is 6.26 Å². The maximum absolute atomic E-state index is 13.6. The first-order valence-electron chi connectivity index (χ1n) is 21.2. The second-order valence-electron chi connectivity index (χ2n) is 16.6. The number of rotatable bonds is 18.